The number of rotatable bonds is 6. The standard InChI is InChI=1S/C32H19Cl3N2O4S/c33-19-8-5-18(25(34)13-19)16-39-20-9-6-17(7-10-20)28-22-12-11-21(14-26(22)41-31(37)24(28)15-36)40-32(38)30-29(35)23-3-1-2-4-27(23)42-30/h1-14,28H,16,37H2. The van der Waals surface area contributed by atoms with Gasteiger partial charge in [0.25, 0.3) is 0 Å². The van der Waals surface area contributed by atoms with E-state index in [4.69, 9.17) is 54.7 Å². The summed E-state index contributed by atoms with van der Waals surface area (Å²) in [5.41, 5.74) is 8.74. The minimum atomic E-state index is -0.579. The van der Waals surface area contributed by atoms with Crippen LogP contribution in [-0.4, -0.2) is 5.97 Å². The highest BCUT2D eigenvalue weighted by Crippen LogP contribution is 2.44. The van der Waals surface area contributed by atoms with Gasteiger partial charge in [0.05, 0.1) is 10.9 Å². The van der Waals surface area contributed by atoms with Crippen molar-refractivity contribution in [3.63, 3.8) is 0 Å². The molecule has 6 nitrogen and oxygen atoms in total. The van der Waals surface area contributed by atoms with Gasteiger partial charge in [-0.25, -0.2) is 4.79 Å². The molecule has 5 aromatic rings. The van der Waals surface area contributed by atoms with Crippen LogP contribution in [0, 0.1) is 11.3 Å². The number of benzene rings is 4. The molecule has 0 bridgehead atoms. The molecule has 1 aromatic heterocycles. The molecular formula is C32H19Cl3N2O4S. The normalized spacial score (nSPS) is 14.2. The Labute approximate surface area is 260 Å². The lowest BCUT2D eigenvalue weighted by Gasteiger charge is -2.26. The molecule has 6 rings (SSSR count). The van der Waals surface area contributed by atoms with Gasteiger partial charge in [0.1, 0.15) is 40.4 Å². The number of fused-ring (bicyclic) bond motifs is 2. The van der Waals surface area contributed by atoms with Gasteiger partial charge in [-0.2, -0.15) is 5.26 Å². The van der Waals surface area contributed by atoms with Crippen LogP contribution in [0.4, 0.5) is 0 Å². The van der Waals surface area contributed by atoms with Gasteiger partial charge in [-0.15, -0.1) is 11.3 Å². The lowest BCUT2D eigenvalue weighted by Crippen LogP contribution is -2.21. The first-order valence-corrected chi connectivity index (χ1v) is 14.5. The van der Waals surface area contributed by atoms with Crippen LogP contribution in [0.25, 0.3) is 10.1 Å². The fourth-order valence-electron chi connectivity index (χ4n) is 4.70. The largest absolute Gasteiger partial charge is 0.489 e. The Kier molecular flexibility index (Phi) is 7.72. The maximum Gasteiger partial charge on any atom is 0.355 e. The summed E-state index contributed by atoms with van der Waals surface area (Å²) in [5.74, 6) is 0.148. The quantitative estimate of drug-likeness (QED) is 0.148. The third-order valence-electron chi connectivity index (χ3n) is 6.74. The van der Waals surface area contributed by atoms with Gasteiger partial charge in [-0.3, -0.25) is 0 Å². The SMILES string of the molecule is N#CC1=C(N)Oc2cc(OC(=O)c3sc4ccccc4c3Cl)ccc2C1c1ccc(OCc2ccc(Cl)cc2Cl)cc1. The molecule has 0 aliphatic carbocycles. The zero-order valence-corrected chi connectivity index (χ0v) is 24.7. The highest BCUT2D eigenvalue weighted by Gasteiger charge is 2.31. The van der Waals surface area contributed by atoms with E-state index in [0.29, 0.717) is 37.0 Å². The number of halogens is 3. The second kappa shape index (κ2) is 11.6. The van der Waals surface area contributed by atoms with E-state index in [9.17, 15) is 10.1 Å². The molecule has 1 atom stereocenters. The van der Waals surface area contributed by atoms with Crippen LogP contribution in [0.15, 0.2) is 96.4 Å². The Morgan fingerprint density at radius 1 is 0.976 bits per heavy atom. The summed E-state index contributed by atoms with van der Waals surface area (Å²) < 4.78 is 18.2. The van der Waals surface area contributed by atoms with E-state index in [2.05, 4.69) is 6.07 Å². The minimum Gasteiger partial charge on any atom is -0.489 e. The van der Waals surface area contributed by atoms with E-state index >= 15 is 0 Å². The van der Waals surface area contributed by atoms with E-state index in [1.54, 1.807) is 30.3 Å². The number of carbonyl (C=O) groups excluding carboxylic acids is 1. The Bertz CT molecular complexity index is 1930. The van der Waals surface area contributed by atoms with Gasteiger partial charge < -0.3 is 19.9 Å². The summed E-state index contributed by atoms with van der Waals surface area (Å²) in [7, 11) is 0. The minimum absolute atomic E-state index is 0.0243. The number of nitriles is 1. The molecule has 0 fully saturated rings. The van der Waals surface area contributed by atoms with Gasteiger partial charge in [-0.05, 0) is 42.0 Å². The molecule has 0 amide bonds. The molecule has 4 aromatic carbocycles. The van der Waals surface area contributed by atoms with Crippen molar-refractivity contribution in [3.8, 4) is 23.3 Å². The van der Waals surface area contributed by atoms with E-state index in [0.717, 1.165) is 21.2 Å². The molecule has 0 saturated carbocycles. The van der Waals surface area contributed by atoms with Gasteiger partial charge in [-0.1, -0.05) is 77.3 Å². The number of nitrogens with two attached hydrogens (primary N) is 1. The summed E-state index contributed by atoms with van der Waals surface area (Å²) in [6.45, 7) is 0.264. The average Bonchev–Trinajstić information content (AvgIpc) is 3.33. The van der Waals surface area contributed by atoms with Crippen LogP contribution >= 0.6 is 46.1 Å². The van der Waals surface area contributed by atoms with Crippen molar-refractivity contribution in [3.05, 3.63) is 133 Å². The second-order valence-corrected chi connectivity index (χ2v) is 11.6. The van der Waals surface area contributed by atoms with E-state index < -0.39 is 11.9 Å². The van der Waals surface area contributed by atoms with E-state index in [1.165, 1.54) is 11.3 Å². The van der Waals surface area contributed by atoms with Crippen LogP contribution in [0.1, 0.15) is 32.3 Å². The number of thiophene rings is 1. The fourth-order valence-corrected chi connectivity index (χ4v) is 6.55. The third kappa shape index (κ3) is 5.38. The number of allylic oxidation sites excluding steroid dienone is 1. The number of esters is 1. The molecular weight excluding hydrogens is 615 g/mol. The summed E-state index contributed by atoms with van der Waals surface area (Å²) in [5, 5.41) is 12.1. The van der Waals surface area contributed by atoms with Crippen LogP contribution < -0.4 is 19.9 Å². The summed E-state index contributed by atoms with van der Waals surface area (Å²) in [4.78, 5) is 13.3. The topological polar surface area (TPSA) is 94.6 Å². The molecule has 2 N–H and O–H groups in total. The highest BCUT2D eigenvalue weighted by atomic mass is 35.5. The Morgan fingerprint density at radius 3 is 2.48 bits per heavy atom. The predicted molar refractivity (Wildman–Crippen MR) is 165 cm³/mol. The van der Waals surface area contributed by atoms with Gasteiger partial charge in [0.15, 0.2) is 0 Å². The predicted octanol–water partition coefficient (Wildman–Crippen LogP) is 8.88. The average molecular weight is 634 g/mol. The van der Waals surface area contributed by atoms with Crippen LogP contribution in [-0.2, 0) is 6.61 Å². The molecule has 208 valence electrons. The molecule has 0 radical (unpaired) electrons. The summed E-state index contributed by atoms with van der Waals surface area (Å²) >= 11 is 19.9. The Morgan fingerprint density at radius 2 is 1.74 bits per heavy atom. The molecule has 0 spiro atoms. The molecule has 1 aliphatic heterocycles. The fraction of sp³-hybridized carbons (Fsp3) is 0.0625. The molecule has 0 saturated heterocycles. The highest BCUT2D eigenvalue weighted by molar-refractivity contribution is 7.21. The summed E-state index contributed by atoms with van der Waals surface area (Å²) in [6, 6.07) is 27.2. The molecule has 2 heterocycles. The van der Waals surface area contributed by atoms with Crippen molar-refractivity contribution in [2.75, 3.05) is 0 Å². The van der Waals surface area contributed by atoms with Crippen LogP contribution in [0.5, 0.6) is 17.2 Å². The first-order chi connectivity index (χ1) is 20.3. The first kappa shape index (κ1) is 28.0. The zero-order valence-electron chi connectivity index (χ0n) is 21.6. The van der Waals surface area contributed by atoms with Crippen LogP contribution in [0.2, 0.25) is 15.1 Å². The number of carbonyl (C=O) groups is 1. The second-order valence-electron chi connectivity index (χ2n) is 9.35. The summed E-state index contributed by atoms with van der Waals surface area (Å²) in [6.07, 6.45) is 0. The molecule has 42 heavy (non-hydrogen) atoms. The van der Waals surface area contributed by atoms with Gasteiger partial charge in [0, 0.05) is 37.3 Å². The van der Waals surface area contributed by atoms with E-state index in [-0.39, 0.29) is 23.8 Å². The molecule has 10 heteroatoms. The van der Waals surface area contributed by atoms with Crippen molar-refractivity contribution >= 4 is 62.2 Å². The monoisotopic (exact) mass is 632 g/mol. The van der Waals surface area contributed by atoms with Gasteiger partial charge >= 0.3 is 5.97 Å². The van der Waals surface area contributed by atoms with Gasteiger partial charge in [0.2, 0.25) is 5.88 Å². The third-order valence-corrected chi connectivity index (χ3v) is 8.99. The number of hydrogen-bond donors (Lipinski definition) is 1. The first-order valence-electron chi connectivity index (χ1n) is 12.6. The Balaban J connectivity index is 1.24. The van der Waals surface area contributed by atoms with Crippen molar-refractivity contribution < 1.29 is 19.0 Å². The van der Waals surface area contributed by atoms with Crippen molar-refractivity contribution in [1.82, 2.24) is 0 Å². The number of ether oxygens (including phenoxy) is 3. The number of hydrogen-bond acceptors (Lipinski definition) is 7. The Hall–Kier alpha value is -4.19. The maximum atomic E-state index is 13.0. The zero-order chi connectivity index (χ0) is 29.4. The molecule has 1 aliphatic rings. The lowest BCUT2D eigenvalue weighted by atomic mass is 9.83. The van der Waals surface area contributed by atoms with Crippen molar-refractivity contribution in [2.45, 2.75) is 12.5 Å². The van der Waals surface area contributed by atoms with Crippen molar-refractivity contribution in [2.24, 2.45) is 5.73 Å². The van der Waals surface area contributed by atoms with Crippen molar-refractivity contribution in [1.29, 1.82) is 5.26 Å². The van der Waals surface area contributed by atoms with E-state index in [1.807, 2.05) is 54.6 Å². The number of nitrogens with zero attached hydrogens (tertiary/aromatic N) is 1. The smallest absolute Gasteiger partial charge is 0.355 e. The maximum absolute atomic E-state index is 13.0. The lowest BCUT2D eigenvalue weighted by molar-refractivity contribution is 0.0740. The molecule has 1 unspecified atom stereocenters. The van der Waals surface area contributed by atoms with Crippen LogP contribution in [0.3, 0.4) is 0 Å².